The standard InChI is InChI=1S/C8H8BrFO.C8H9FO/c1-5-3-6(9)4-7(11-2)8(5)10;1-6-4-3-5-7(10-2)8(6)9/h3-4H,1-2H3;3-5H,1-2H3. The Bertz CT molecular complexity index is 615. The number of hydrogen-bond acceptors (Lipinski definition) is 2. The van der Waals surface area contributed by atoms with Crippen molar-refractivity contribution < 1.29 is 18.3 Å². The SMILES string of the molecule is COc1cc(Br)cc(C)c1F.COc1cccc(C)c1F. The number of halogens is 3. The lowest BCUT2D eigenvalue weighted by Gasteiger charge is -2.04. The second kappa shape index (κ2) is 7.98. The third-order valence-corrected chi connectivity index (χ3v) is 3.24. The molecule has 0 saturated heterocycles. The number of ether oxygens (including phenoxy) is 2. The summed E-state index contributed by atoms with van der Waals surface area (Å²) in [7, 11) is 2.90. The first-order valence-electron chi connectivity index (χ1n) is 6.19. The van der Waals surface area contributed by atoms with Crippen LogP contribution in [0, 0.1) is 25.5 Å². The van der Waals surface area contributed by atoms with E-state index in [2.05, 4.69) is 15.9 Å². The zero-order chi connectivity index (χ0) is 16.0. The van der Waals surface area contributed by atoms with Crippen LogP contribution in [0.25, 0.3) is 0 Å². The van der Waals surface area contributed by atoms with Crippen molar-refractivity contribution in [3.05, 3.63) is 57.6 Å². The van der Waals surface area contributed by atoms with Gasteiger partial charge in [0.25, 0.3) is 0 Å². The lowest BCUT2D eigenvalue weighted by molar-refractivity contribution is 0.385. The van der Waals surface area contributed by atoms with Gasteiger partial charge in [0.1, 0.15) is 0 Å². The van der Waals surface area contributed by atoms with E-state index in [-0.39, 0.29) is 17.4 Å². The highest BCUT2D eigenvalue weighted by atomic mass is 79.9. The van der Waals surface area contributed by atoms with E-state index in [1.165, 1.54) is 14.2 Å². The predicted molar refractivity (Wildman–Crippen MR) is 83.1 cm³/mol. The average Bonchev–Trinajstić information content (AvgIpc) is 2.46. The number of rotatable bonds is 2. The Morgan fingerprint density at radius 3 is 1.95 bits per heavy atom. The zero-order valence-corrected chi connectivity index (χ0v) is 13.9. The van der Waals surface area contributed by atoms with E-state index < -0.39 is 0 Å². The topological polar surface area (TPSA) is 18.5 Å². The largest absolute Gasteiger partial charge is 0.494 e. The fraction of sp³-hybridized carbons (Fsp3) is 0.250. The van der Waals surface area contributed by atoms with Gasteiger partial charge in [-0.25, -0.2) is 8.78 Å². The molecular formula is C16H17BrF2O2. The van der Waals surface area contributed by atoms with Crippen LogP contribution in [0.5, 0.6) is 11.5 Å². The van der Waals surface area contributed by atoms with Crippen molar-refractivity contribution in [1.29, 1.82) is 0 Å². The summed E-state index contributed by atoms with van der Waals surface area (Å²) in [6, 6.07) is 8.37. The summed E-state index contributed by atoms with van der Waals surface area (Å²) in [5.41, 5.74) is 1.19. The van der Waals surface area contributed by atoms with Gasteiger partial charge in [0.2, 0.25) is 0 Å². The summed E-state index contributed by atoms with van der Waals surface area (Å²) in [5, 5.41) is 0. The first-order chi connectivity index (χ1) is 9.90. The van der Waals surface area contributed by atoms with Gasteiger partial charge in [0.05, 0.1) is 14.2 Å². The number of hydrogen-bond donors (Lipinski definition) is 0. The molecule has 5 heteroatoms. The molecule has 0 bridgehead atoms. The zero-order valence-electron chi connectivity index (χ0n) is 12.3. The highest BCUT2D eigenvalue weighted by Crippen LogP contribution is 2.25. The molecule has 0 saturated carbocycles. The first-order valence-corrected chi connectivity index (χ1v) is 6.98. The molecule has 2 aromatic rings. The fourth-order valence-corrected chi connectivity index (χ4v) is 2.17. The van der Waals surface area contributed by atoms with Crippen molar-refractivity contribution in [1.82, 2.24) is 0 Å². The smallest absolute Gasteiger partial charge is 0.168 e. The molecule has 2 nitrogen and oxygen atoms in total. The molecule has 0 aromatic heterocycles. The van der Waals surface area contributed by atoms with Crippen LogP contribution in [-0.2, 0) is 0 Å². The van der Waals surface area contributed by atoms with Crippen LogP contribution in [0.2, 0.25) is 0 Å². The molecular weight excluding hydrogens is 342 g/mol. The summed E-state index contributed by atoms with van der Waals surface area (Å²) < 4.78 is 36.3. The van der Waals surface area contributed by atoms with E-state index in [9.17, 15) is 8.78 Å². The molecule has 0 aliphatic rings. The first kappa shape index (κ1) is 17.4. The number of benzene rings is 2. The summed E-state index contributed by atoms with van der Waals surface area (Å²) >= 11 is 3.24. The Labute approximate surface area is 131 Å². The predicted octanol–water partition coefficient (Wildman–Crippen LogP) is 5.05. The van der Waals surface area contributed by atoms with E-state index in [4.69, 9.17) is 9.47 Å². The van der Waals surface area contributed by atoms with E-state index in [1.54, 1.807) is 44.2 Å². The van der Waals surface area contributed by atoms with Gasteiger partial charge in [-0.1, -0.05) is 28.1 Å². The van der Waals surface area contributed by atoms with Crippen LogP contribution < -0.4 is 9.47 Å². The van der Waals surface area contributed by atoms with Gasteiger partial charge >= 0.3 is 0 Å². The molecule has 0 radical (unpaired) electrons. The molecule has 0 aliphatic heterocycles. The van der Waals surface area contributed by atoms with Crippen molar-refractivity contribution in [3.63, 3.8) is 0 Å². The summed E-state index contributed by atoms with van der Waals surface area (Å²) in [6.45, 7) is 3.40. The van der Waals surface area contributed by atoms with Crippen molar-refractivity contribution in [2.45, 2.75) is 13.8 Å². The van der Waals surface area contributed by atoms with Gasteiger partial charge in [-0.15, -0.1) is 0 Å². The third kappa shape index (κ3) is 4.70. The Hall–Kier alpha value is -1.62. The van der Waals surface area contributed by atoms with E-state index in [0.717, 1.165) is 4.47 Å². The Morgan fingerprint density at radius 2 is 1.43 bits per heavy atom. The maximum Gasteiger partial charge on any atom is 0.168 e. The minimum Gasteiger partial charge on any atom is -0.494 e. The van der Waals surface area contributed by atoms with E-state index in [0.29, 0.717) is 16.9 Å². The van der Waals surface area contributed by atoms with Crippen LogP contribution >= 0.6 is 15.9 Å². The van der Waals surface area contributed by atoms with Gasteiger partial charge < -0.3 is 9.47 Å². The number of methoxy groups -OCH3 is 2. The second-order valence-corrected chi connectivity index (χ2v) is 5.25. The Morgan fingerprint density at radius 1 is 0.857 bits per heavy atom. The molecule has 0 spiro atoms. The van der Waals surface area contributed by atoms with Gasteiger partial charge in [-0.3, -0.25) is 0 Å². The monoisotopic (exact) mass is 358 g/mol. The molecule has 0 atom stereocenters. The lowest BCUT2D eigenvalue weighted by Crippen LogP contribution is -1.90. The fourth-order valence-electron chi connectivity index (χ4n) is 1.62. The van der Waals surface area contributed by atoms with Crippen LogP contribution in [0.15, 0.2) is 34.8 Å². The summed E-state index contributed by atoms with van der Waals surface area (Å²) in [5.74, 6) is 0.0116. The Kier molecular flexibility index (Phi) is 6.62. The molecule has 2 aromatic carbocycles. The molecule has 0 unspecified atom stereocenters. The molecule has 114 valence electrons. The summed E-state index contributed by atoms with van der Waals surface area (Å²) in [4.78, 5) is 0. The molecule has 2 rings (SSSR count). The second-order valence-electron chi connectivity index (χ2n) is 4.33. The molecule has 21 heavy (non-hydrogen) atoms. The molecule has 0 heterocycles. The van der Waals surface area contributed by atoms with Crippen LogP contribution in [-0.4, -0.2) is 14.2 Å². The maximum absolute atomic E-state index is 13.0. The minimum atomic E-state index is -0.296. The quantitative estimate of drug-likeness (QED) is 0.747. The summed E-state index contributed by atoms with van der Waals surface area (Å²) in [6.07, 6.45) is 0. The van der Waals surface area contributed by atoms with Gasteiger partial charge in [0, 0.05) is 4.47 Å². The Balaban J connectivity index is 0.000000211. The average molecular weight is 359 g/mol. The van der Waals surface area contributed by atoms with Crippen LogP contribution in [0.4, 0.5) is 8.78 Å². The maximum atomic E-state index is 13.0. The van der Waals surface area contributed by atoms with Crippen molar-refractivity contribution in [2.24, 2.45) is 0 Å². The molecule has 0 N–H and O–H groups in total. The van der Waals surface area contributed by atoms with Gasteiger partial charge in [-0.05, 0) is 43.2 Å². The number of aryl methyl sites for hydroxylation is 2. The van der Waals surface area contributed by atoms with Crippen LogP contribution in [0.3, 0.4) is 0 Å². The van der Waals surface area contributed by atoms with Crippen LogP contribution in [0.1, 0.15) is 11.1 Å². The van der Waals surface area contributed by atoms with Gasteiger partial charge in [-0.2, -0.15) is 0 Å². The van der Waals surface area contributed by atoms with E-state index >= 15 is 0 Å². The highest BCUT2D eigenvalue weighted by molar-refractivity contribution is 9.10. The third-order valence-electron chi connectivity index (χ3n) is 2.78. The normalized spacial score (nSPS) is 9.67. The molecule has 0 aliphatic carbocycles. The van der Waals surface area contributed by atoms with Crippen molar-refractivity contribution >= 4 is 15.9 Å². The highest BCUT2D eigenvalue weighted by Gasteiger charge is 2.06. The van der Waals surface area contributed by atoms with Gasteiger partial charge in [0.15, 0.2) is 23.1 Å². The van der Waals surface area contributed by atoms with Crippen molar-refractivity contribution in [2.75, 3.05) is 14.2 Å². The minimum absolute atomic E-state index is 0.273. The lowest BCUT2D eigenvalue weighted by atomic mass is 10.2. The van der Waals surface area contributed by atoms with E-state index in [1.807, 2.05) is 0 Å². The van der Waals surface area contributed by atoms with Crippen molar-refractivity contribution in [3.8, 4) is 11.5 Å². The molecule has 0 amide bonds. The molecule has 0 fully saturated rings.